The van der Waals surface area contributed by atoms with Crippen LogP contribution in [0.15, 0.2) is 42.5 Å². The number of nitrogens with one attached hydrogen (secondary N) is 1. The molecule has 5 heteroatoms. The van der Waals surface area contributed by atoms with Gasteiger partial charge in [0.15, 0.2) is 0 Å². The van der Waals surface area contributed by atoms with Gasteiger partial charge in [0.2, 0.25) is 0 Å². The number of carbonyl (C=O) groups is 1. The number of aromatic nitrogens is 2. The SMILES string of the molecule is CCOC(=O)c1cccc(-c2cccc3[nH]c(CCl)nc23)c1. The number of carbonyl (C=O) groups excluding carboxylic acids is 1. The van der Waals surface area contributed by atoms with Crippen molar-refractivity contribution in [1.82, 2.24) is 9.97 Å². The molecule has 0 saturated carbocycles. The van der Waals surface area contributed by atoms with Crippen LogP contribution in [0, 0.1) is 0 Å². The van der Waals surface area contributed by atoms with Gasteiger partial charge in [-0.2, -0.15) is 0 Å². The molecule has 0 aliphatic carbocycles. The molecule has 112 valence electrons. The van der Waals surface area contributed by atoms with E-state index in [2.05, 4.69) is 9.97 Å². The van der Waals surface area contributed by atoms with Crippen molar-refractivity contribution in [2.75, 3.05) is 6.61 Å². The van der Waals surface area contributed by atoms with Crippen LogP contribution < -0.4 is 0 Å². The largest absolute Gasteiger partial charge is 0.462 e. The first-order valence-corrected chi connectivity index (χ1v) is 7.57. The van der Waals surface area contributed by atoms with Gasteiger partial charge in [0, 0.05) is 5.56 Å². The third kappa shape index (κ3) is 2.70. The van der Waals surface area contributed by atoms with E-state index in [1.54, 1.807) is 13.0 Å². The van der Waals surface area contributed by atoms with E-state index in [1.807, 2.05) is 36.4 Å². The quantitative estimate of drug-likeness (QED) is 0.581. The highest BCUT2D eigenvalue weighted by Crippen LogP contribution is 2.28. The molecule has 0 saturated heterocycles. The summed E-state index contributed by atoms with van der Waals surface area (Å²) in [6, 6.07) is 13.2. The fraction of sp³-hybridized carbons (Fsp3) is 0.176. The second kappa shape index (κ2) is 6.20. The molecule has 3 rings (SSSR count). The zero-order chi connectivity index (χ0) is 15.5. The van der Waals surface area contributed by atoms with E-state index in [1.165, 1.54) is 0 Å². The smallest absolute Gasteiger partial charge is 0.338 e. The van der Waals surface area contributed by atoms with E-state index < -0.39 is 0 Å². The van der Waals surface area contributed by atoms with Gasteiger partial charge >= 0.3 is 5.97 Å². The number of benzene rings is 2. The number of ether oxygens (including phenoxy) is 1. The van der Waals surface area contributed by atoms with Gasteiger partial charge in [0.05, 0.1) is 29.1 Å². The molecular weight excluding hydrogens is 300 g/mol. The topological polar surface area (TPSA) is 55.0 Å². The van der Waals surface area contributed by atoms with Gasteiger partial charge in [-0.3, -0.25) is 0 Å². The molecule has 0 radical (unpaired) electrons. The highest BCUT2D eigenvalue weighted by Gasteiger charge is 2.11. The summed E-state index contributed by atoms with van der Waals surface area (Å²) >= 11 is 5.84. The Balaban J connectivity index is 2.09. The Hall–Kier alpha value is -2.33. The minimum atomic E-state index is -0.319. The number of esters is 1. The van der Waals surface area contributed by atoms with Gasteiger partial charge in [-0.25, -0.2) is 9.78 Å². The summed E-state index contributed by atoms with van der Waals surface area (Å²) < 4.78 is 5.05. The van der Waals surface area contributed by atoms with Crippen molar-refractivity contribution >= 4 is 28.6 Å². The first-order chi connectivity index (χ1) is 10.7. The molecule has 0 fully saturated rings. The van der Waals surface area contributed by atoms with Crippen molar-refractivity contribution in [3.8, 4) is 11.1 Å². The average Bonchev–Trinajstić information content (AvgIpc) is 2.98. The third-order valence-electron chi connectivity index (χ3n) is 3.37. The van der Waals surface area contributed by atoms with Gasteiger partial charge in [-0.15, -0.1) is 11.6 Å². The number of fused-ring (bicyclic) bond motifs is 1. The van der Waals surface area contributed by atoms with E-state index in [9.17, 15) is 4.79 Å². The predicted molar refractivity (Wildman–Crippen MR) is 87.0 cm³/mol. The van der Waals surface area contributed by atoms with Crippen LogP contribution in [0.4, 0.5) is 0 Å². The molecule has 0 atom stereocenters. The number of hydrogen-bond donors (Lipinski definition) is 1. The van der Waals surface area contributed by atoms with Crippen molar-refractivity contribution in [2.24, 2.45) is 0 Å². The van der Waals surface area contributed by atoms with E-state index in [4.69, 9.17) is 16.3 Å². The lowest BCUT2D eigenvalue weighted by atomic mass is 10.0. The molecule has 1 N–H and O–H groups in total. The van der Waals surface area contributed by atoms with E-state index >= 15 is 0 Å². The van der Waals surface area contributed by atoms with Crippen molar-refractivity contribution < 1.29 is 9.53 Å². The van der Waals surface area contributed by atoms with Gasteiger partial charge in [0.1, 0.15) is 5.82 Å². The van der Waals surface area contributed by atoms with Crippen LogP contribution in [-0.4, -0.2) is 22.5 Å². The molecule has 0 aliphatic rings. The lowest BCUT2D eigenvalue weighted by molar-refractivity contribution is 0.0526. The number of nitrogens with zero attached hydrogens (tertiary/aromatic N) is 1. The van der Waals surface area contributed by atoms with Crippen molar-refractivity contribution in [3.05, 3.63) is 53.9 Å². The molecule has 2 aromatic carbocycles. The van der Waals surface area contributed by atoms with Crippen LogP contribution in [0.5, 0.6) is 0 Å². The van der Waals surface area contributed by atoms with Crippen LogP contribution >= 0.6 is 11.6 Å². The highest BCUT2D eigenvalue weighted by atomic mass is 35.5. The monoisotopic (exact) mass is 314 g/mol. The maximum absolute atomic E-state index is 11.9. The molecule has 0 aliphatic heterocycles. The van der Waals surface area contributed by atoms with Gasteiger partial charge in [-0.1, -0.05) is 24.3 Å². The fourth-order valence-corrected chi connectivity index (χ4v) is 2.53. The number of imidazole rings is 1. The molecule has 0 spiro atoms. The molecule has 1 heterocycles. The van der Waals surface area contributed by atoms with Crippen molar-refractivity contribution in [3.63, 3.8) is 0 Å². The summed E-state index contributed by atoms with van der Waals surface area (Å²) in [6.07, 6.45) is 0. The van der Waals surface area contributed by atoms with Crippen molar-refractivity contribution in [2.45, 2.75) is 12.8 Å². The summed E-state index contributed by atoms with van der Waals surface area (Å²) in [6.45, 7) is 2.15. The number of para-hydroxylation sites is 1. The van der Waals surface area contributed by atoms with Crippen LogP contribution in [0.2, 0.25) is 0 Å². The van der Waals surface area contributed by atoms with Crippen LogP contribution in [0.25, 0.3) is 22.2 Å². The second-order valence-electron chi connectivity index (χ2n) is 4.82. The Morgan fingerprint density at radius 2 is 2.09 bits per heavy atom. The summed E-state index contributed by atoms with van der Waals surface area (Å²) in [5.41, 5.74) is 4.18. The summed E-state index contributed by atoms with van der Waals surface area (Å²) in [5, 5.41) is 0. The minimum absolute atomic E-state index is 0.319. The van der Waals surface area contributed by atoms with Crippen LogP contribution in [0.3, 0.4) is 0 Å². The van der Waals surface area contributed by atoms with Crippen LogP contribution in [0.1, 0.15) is 23.1 Å². The molecule has 0 bridgehead atoms. The summed E-state index contributed by atoms with van der Waals surface area (Å²) in [4.78, 5) is 19.6. The average molecular weight is 315 g/mol. The maximum atomic E-state index is 11.9. The fourth-order valence-electron chi connectivity index (χ4n) is 2.41. The van der Waals surface area contributed by atoms with Gasteiger partial charge < -0.3 is 9.72 Å². The Morgan fingerprint density at radius 3 is 2.86 bits per heavy atom. The van der Waals surface area contributed by atoms with E-state index in [-0.39, 0.29) is 5.97 Å². The lowest BCUT2D eigenvalue weighted by Crippen LogP contribution is -2.04. The lowest BCUT2D eigenvalue weighted by Gasteiger charge is -2.06. The predicted octanol–water partition coefficient (Wildman–Crippen LogP) is 4.15. The molecule has 1 aromatic heterocycles. The number of halogens is 1. The zero-order valence-corrected chi connectivity index (χ0v) is 12.9. The standard InChI is InChI=1S/C17H15ClN2O2/c1-2-22-17(21)12-6-3-5-11(9-12)13-7-4-8-14-16(13)20-15(10-18)19-14/h3-9H,2,10H2,1H3,(H,19,20). The molecule has 0 amide bonds. The minimum Gasteiger partial charge on any atom is -0.462 e. The number of aromatic amines is 1. The molecular formula is C17H15ClN2O2. The Kier molecular flexibility index (Phi) is 4.11. The Morgan fingerprint density at radius 1 is 1.27 bits per heavy atom. The normalized spacial score (nSPS) is 10.8. The first-order valence-electron chi connectivity index (χ1n) is 7.04. The molecule has 0 unspecified atom stereocenters. The zero-order valence-electron chi connectivity index (χ0n) is 12.1. The van der Waals surface area contributed by atoms with Gasteiger partial charge in [0.25, 0.3) is 0 Å². The Bertz CT molecular complexity index is 826. The van der Waals surface area contributed by atoms with Gasteiger partial charge in [-0.05, 0) is 30.7 Å². The number of alkyl halides is 1. The van der Waals surface area contributed by atoms with E-state index in [0.29, 0.717) is 18.1 Å². The summed E-state index contributed by atoms with van der Waals surface area (Å²) in [7, 11) is 0. The maximum Gasteiger partial charge on any atom is 0.338 e. The second-order valence-corrected chi connectivity index (χ2v) is 5.09. The number of rotatable bonds is 4. The number of H-pyrrole nitrogens is 1. The van der Waals surface area contributed by atoms with Crippen molar-refractivity contribution in [1.29, 1.82) is 0 Å². The molecule has 22 heavy (non-hydrogen) atoms. The van der Waals surface area contributed by atoms with Crippen LogP contribution in [-0.2, 0) is 10.6 Å². The molecule has 4 nitrogen and oxygen atoms in total. The highest BCUT2D eigenvalue weighted by molar-refractivity contribution is 6.16. The summed E-state index contributed by atoms with van der Waals surface area (Å²) in [5.74, 6) is 0.738. The number of hydrogen-bond acceptors (Lipinski definition) is 3. The first kappa shape index (κ1) is 14.6. The Labute approximate surface area is 133 Å². The third-order valence-corrected chi connectivity index (χ3v) is 3.63. The van der Waals surface area contributed by atoms with E-state index in [0.717, 1.165) is 28.0 Å². The molecule has 3 aromatic rings.